The Bertz CT molecular complexity index is 1140. The Morgan fingerprint density at radius 2 is 1.07 bits per heavy atom. The van der Waals surface area contributed by atoms with Crippen molar-refractivity contribution in [3.63, 3.8) is 0 Å². The molecule has 0 aliphatic heterocycles. The van der Waals surface area contributed by atoms with E-state index in [-0.39, 0.29) is 0 Å². The largest absolute Gasteiger partial charge is 0.310 e. The van der Waals surface area contributed by atoms with Gasteiger partial charge in [0.15, 0.2) is 0 Å². The van der Waals surface area contributed by atoms with Gasteiger partial charge in [-0.3, -0.25) is 0 Å². The molecule has 4 aromatic carbocycles. The summed E-state index contributed by atoms with van der Waals surface area (Å²) in [6.45, 7) is 6.43. The third-order valence-corrected chi connectivity index (χ3v) is 5.30. The van der Waals surface area contributed by atoms with Crippen LogP contribution >= 0.6 is 0 Å². The summed E-state index contributed by atoms with van der Waals surface area (Å²) >= 11 is 0. The van der Waals surface area contributed by atoms with Crippen molar-refractivity contribution in [3.8, 4) is 0 Å². The van der Waals surface area contributed by atoms with Crippen LogP contribution in [0.3, 0.4) is 0 Å². The number of hydrogen-bond acceptors (Lipinski definition) is 1. The maximum absolute atomic E-state index is 2.32. The molecule has 148 valence electrons. The molecule has 4 aromatic rings. The van der Waals surface area contributed by atoms with E-state index in [9.17, 15) is 0 Å². The van der Waals surface area contributed by atoms with E-state index in [4.69, 9.17) is 0 Å². The zero-order valence-corrected chi connectivity index (χ0v) is 17.8. The predicted molar refractivity (Wildman–Crippen MR) is 131 cm³/mol. The molecule has 0 spiro atoms. The molecule has 1 heteroatoms. The molecule has 0 aromatic heterocycles. The van der Waals surface area contributed by atoms with Crippen LogP contribution in [0.5, 0.6) is 0 Å². The molecule has 0 aliphatic rings. The molecule has 1 nitrogen and oxygen atoms in total. The number of aryl methyl sites for hydroxylation is 3. The molecular weight excluding hydrogens is 362 g/mol. The molecule has 0 bridgehead atoms. The van der Waals surface area contributed by atoms with Gasteiger partial charge < -0.3 is 4.90 Å². The van der Waals surface area contributed by atoms with Gasteiger partial charge in [0.25, 0.3) is 0 Å². The van der Waals surface area contributed by atoms with Crippen LogP contribution in [0.2, 0.25) is 0 Å². The van der Waals surface area contributed by atoms with Gasteiger partial charge >= 0.3 is 0 Å². The van der Waals surface area contributed by atoms with E-state index >= 15 is 0 Å². The summed E-state index contributed by atoms with van der Waals surface area (Å²) in [5.41, 5.74) is 9.74. The fourth-order valence-corrected chi connectivity index (χ4v) is 3.67. The Labute approximate surface area is 179 Å². The zero-order valence-electron chi connectivity index (χ0n) is 17.8. The van der Waals surface area contributed by atoms with Crippen LogP contribution in [0.25, 0.3) is 12.2 Å². The van der Waals surface area contributed by atoms with Crippen LogP contribution in [0.1, 0.15) is 27.8 Å². The second-order valence-electron chi connectivity index (χ2n) is 7.80. The van der Waals surface area contributed by atoms with Crippen molar-refractivity contribution in [1.82, 2.24) is 0 Å². The van der Waals surface area contributed by atoms with Crippen LogP contribution in [-0.4, -0.2) is 0 Å². The molecule has 0 unspecified atom stereocenters. The highest BCUT2D eigenvalue weighted by molar-refractivity contribution is 5.79. The average molecular weight is 390 g/mol. The van der Waals surface area contributed by atoms with E-state index in [0.717, 1.165) is 11.4 Å². The maximum atomic E-state index is 2.32. The van der Waals surface area contributed by atoms with Crippen LogP contribution < -0.4 is 4.90 Å². The van der Waals surface area contributed by atoms with Gasteiger partial charge in [0.1, 0.15) is 0 Å². The summed E-state index contributed by atoms with van der Waals surface area (Å²) in [4.78, 5) is 2.32. The predicted octanol–water partition coefficient (Wildman–Crippen LogP) is 8.25. The molecule has 0 amide bonds. The number of hydrogen-bond donors (Lipinski definition) is 0. The van der Waals surface area contributed by atoms with Gasteiger partial charge in [0.2, 0.25) is 0 Å². The summed E-state index contributed by atoms with van der Waals surface area (Å²) in [5.74, 6) is 0. The van der Waals surface area contributed by atoms with Crippen molar-refractivity contribution < 1.29 is 0 Å². The number of anilines is 3. The van der Waals surface area contributed by atoms with Crippen LogP contribution in [-0.2, 0) is 0 Å². The topological polar surface area (TPSA) is 3.24 Å². The molecule has 0 N–H and O–H groups in total. The Morgan fingerprint density at radius 3 is 1.67 bits per heavy atom. The van der Waals surface area contributed by atoms with Gasteiger partial charge in [0, 0.05) is 17.1 Å². The number of nitrogens with zero attached hydrogens (tertiary/aromatic N) is 1. The lowest BCUT2D eigenvalue weighted by atomic mass is 10.1. The van der Waals surface area contributed by atoms with Crippen LogP contribution in [0, 0.1) is 20.8 Å². The Hall–Kier alpha value is -3.58. The third kappa shape index (κ3) is 4.52. The third-order valence-electron chi connectivity index (χ3n) is 5.30. The SMILES string of the molecule is Cc1ccc(C=Cc2ccc(N(c3ccccc3)c3ccc(C)cc3C)cc2)cc1. The number of para-hydroxylation sites is 1. The highest BCUT2D eigenvalue weighted by Gasteiger charge is 2.14. The van der Waals surface area contributed by atoms with Gasteiger partial charge in [-0.05, 0) is 67.8 Å². The lowest BCUT2D eigenvalue weighted by Gasteiger charge is -2.27. The normalized spacial score (nSPS) is 11.0. The highest BCUT2D eigenvalue weighted by atomic mass is 15.1. The molecule has 0 atom stereocenters. The van der Waals surface area contributed by atoms with Gasteiger partial charge in [-0.15, -0.1) is 0 Å². The van der Waals surface area contributed by atoms with Crippen molar-refractivity contribution in [1.29, 1.82) is 0 Å². The molecular formula is C29H27N. The summed E-state index contributed by atoms with van der Waals surface area (Å²) in [5, 5.41) is 0. The minimum absolute atomic E-state index is 1.15. The maximum Gasteiger partial charge on any atom is 0.0490 e. The smallest absolute Gasteiger partial charge is 0.0490 e. The van der Waals surface area contributed by atoms with Gasteiger partial charge in [-0.1, -0.05) is 90.0 Å². The van der Waals surface area contributed by atoms with E-state index in [1.54, 1.807) is 0 Å². The molecule has 0 saturated carbocycles. The van der Waals surface area contributed by atoms with E-state index in [2.05, 4.69) is 135 Å². The van der Waals surface area contributed by atoms with Crippen molar-refractivity contribution in [2.75, 3.05) is 4.90 Å². The minimum atomic E-state index is 1.15. The van der Waals surface area contributed by atoms with E-state index < -0.39 is 0 Å². The van der Waals surface area contributed by atoms with Gasteiger partial charge in [-0.25, -0.2) is 0 Å². The van der Waals surface area contributed by atoms with Gasteiger partial charge in [-0.2, -0.15) is 0 Å². The summed E-state index contributed by atoms with van der Waals surface area (Å²) < 4.78 is 0. The van der Waals surface area contributed by atoms with Crippen molar-refractivity contribution in [3.05, 3.63) is 125 Å². The molecule has 30 heavy (non-hydrogen) atoms. The first-order valence-corrected chi connectivity index (χ1v) is 10.4. The standard InChI is InChI=1S/C29H27N/c1-22-9-12-25(13-10-22)14-15-26-16-18-28(19-17-26)30(27-7-5-4-6-8-27)29-20-11-23(2)21-24(29)3/h4-21H,1-3H3. The highest BCUT2D eigenvalue weighted by Crippen LogP contribution is 2.36. The fourth-order valence-electron chi connectivity index (χ4n) is 3.67. The molecule has 0 fully saturated rings. The molecule has 0 aliphatic carbocycles. The van der Waals surface area contributed by atoms with Crippen LogP contribution in [0.4, 0.5) is 17.1 Å². The van der Waals surface area contributed by atoms with E-state index in [1.165, 1.54) is 33.5 Å². The molecule has 0 radical (unpaired) electrons. The summed E-state index contributed by atoms with van der Waals surface area (Å²) in [7, 11) is 0. The summed E-state index contributed by atoms with van der Waals surface area (Å²) in [6.07, 6.45) is 4.33. The van der Waals surface area contributed by atoms with Crippen molar-refractivity contribution in [2.24, 2.45) is 0 Å². The minimum Gasteiger partial charge on any atom is -0.310 e. The second kappa shape index (κ2) is 8.84. The number of rotatable bonds is 5. The monoisotopic (exact) mass is 389 g/mol. The van der Waals surface area contributed by atoms with Crippen molar-refractivity contribution in [2.45, 2.75) is 20.8 Å². The zero-order chi connectivity index (χ0) is 20.9. The first-order chi connectivity index (χ1) is 14.6. The molecule has 4 rings (SSSR count). The molecule has 0 saturated heterocycles. The van der Waals surface area contributed by atoms with Gasteiger partial charge in [0.05, 0.1) is 0 Å². The van der Waals surface area contributed by atoms with Crippen molar-refractivity contribution >= 4 is 29.2 Å². The lowest BCUT2D eigenvalue weighted by Crippen LogP contribution is -2.11. The Kier molecular flexibility index (Phi) is 5.81. The average Bonchev–Trinajstić information content (AvgIpc) is 2.77. The molecule has 0 heterocycles. The Balaban J connectivity index is 1.67. The second-order valence-corrected chi connectivity index (χ2v) is 7.80. The lowest BCUT2D eigenvalue weighted by molar-refractivity contribution is 1.24. The van der Waals surface area contributed by atoms with E-state index in [0.29, 0.717) is 0 Å². The fraction of sp³-hybridized carbons (Fsp3) is 0.103. The number of benzene rings is 4. The quantitative estimate of drug-likeness (QED) is 0.311. The Morgan fingerprint density at radius 1 is 0.533 bits per heavy atom. The first kappa shape index (κ1) is 19.7. The summed E-state index contributed by atoms with van der Waals surface area (Å²) in [6, 6.07) is 34.5. The van der Waals surface area contributed by atoms with Crippen LogP contribution in [0.15, 0.2) is 97.1 Å². The van der Waals surface area contributed by atoms with E-state index in [1.807, 2.05) is 0 Å². The first-order valence-electron chi connectivity index (χ1n) is 10.4.